The van der Waals surface area contributed by atoms with Crippen LogP contribution < -0.4 is 5.32 Å². The zero-order valence-corrected chi connectivity index (χ0v) is 11.4. The summed E-state index contributed by atoms with van der Waals surface area (Å²) in [7, 11) is 0. The van der Waals surface area contributed by atoms with Gasteiger partial charge in [0.25, 0.3) is 5.89 Å². The molecule has 2 heterocycles. The standard InChI is InChI=1S/C13H15N3O2S/c1-19-10-4-2-9(3-5-10)11-15-12(18-16-11)13(17)6-7-14-8-13/h2-5,14,17H,6-8H2,1H3. The molecule has 0 saturated carbocycles. The molecule has 2 aromatic rings. The molecular weight excluding hydrogens is 262 g/mol. The van der Waals surface area contributed by atoms with Gasteiger partial charge in [-0.1, -0.05) is 5.16 Å². The van der Waals surface area contributed by atoms with E-state index >= 15 is 0 Å². The number of nitrogens with one attached hydrogen (secondary N) is 1. The number of nitrogens with zero attached hydrogens (tertiary/aromatic N) is 2. The van der Waals surface area contributed by atoms with Crippen LogP contribution in [-0.2, 0) is 5.60 Å². The SMILES string of the molecule is CSc1ccc(-c2noc(C3(O)CCNC3)n2)cc1. The first-order chi connectivity index (χ1) is 9.21. The van der Waals surface area contributed by atoms with Gasteiger partial charge in [-0.15, -0.1) is 11.8 Å². The quantitative estimate of drug-likeness (QED) is 0.831. The Kier molecular flexibility index (Phi) is 3.30. The van der Waals surface area contributed by atoms with E-state index in [1.165, 1.54) is 4.90 Å². The molecular formula is C13H15N3O2S. The number of hydrogen-bond donors (Lipinski definition) is 2. The first-order valence-electron chi connectivity index (χ1n) is 6.13. The summed E-state index contributed by atoms with van der Waals surface area (Å²) in [6.45, 7) is 1.22. The minimum atomic E-state index is -1.02. The number of β-amino-alcohol motifs (C(OH)–C–C–N with tert-alkyl or cyclic N) is 1. The second-order valence-electron chi connectivity index (χ2n) is 4.61. The molecule has 19 heavy (non-hydrogen) atoms. The number of aliphatic hydroxyl groups is 1. The van der Waals surface area contributed by atoms with Crippen molar-refractivity contribution in [2.45, 2.75) is 16.9 Å². The van der Waals surface area contributed by atoms with Crippen molar-refractivity contribution in [2.75, 3.05) is 19.3 Å². The normalized spacial score (nSPS) is 22.8. The molecule has 0 bridgehead atoms. The van der Waals surface area contributed by atoms with E-state index in [1.807, 2.05) is 30.5 Å². The fraction of sp³-hybridized carbons (Fsp3) is 0.385. The number of aromatic nitrogens is 2. The lowest BCUT2D eigenvalue weighted by atomic mass is 10.0. The second kappa shape index (κ2) is 4.96. The van der Waals surface area contributed by atoms with Crippen LogP contribution in [0.5, 0.6) is 0 Å². The van der Waals surface area contributed by atoms with Crippen molar-refractivity contribution < 1.29 is 9.63 Å². The van der Waals surface area contributed by atoms with E-state index in [4.69, 9.17) is 4.52 Å². The van der Waals surface area contributed by atoms with Crippen molar-refractivity contribution in [2.24, 2.45) is 0 Å². The van der Waals surface area contributed by atoms with Crippen molar-refractivity contribution in [3.63, 3.8) is 0 Å². The first kappa shape index (κ1) is 12.7. The van der Waals surface area contributed by atoms with Crippen molar-refractivity contribution in [1.29, 1.82) is 0 Å². The topological polar surface area (TPSA) is 71.2 Å². The maximum Gasteiger partial charge on any atom is 0.260 e. The summed E-state index contributed by atoms with van der Waals surface area (Å²) in [6, 6.07) is 7.94. The van der Waals surface area contributed by atoms with Gasteiger partial charge in [0.15, 0.2) is 5.60 Å². The summed E-state index contributed by atoms with van der Waals surface area (Å²) in [5, 5.41) is 17.4. The summed E-state index contributed by atoms with van der Waals surface area (Å²) in [5.41, 5.74) is -0.132. The lowest BCUT2D eigenvalue weighted by Crippen LogP contribution is -2.28. The molecule has 1 aliphatic rings. The van der Waals surface area contributed by atoms with Gasteiger partial charge in [0.05, 0.1) is 0 Å². The monoisotopic (exact) mass is 277 g/mol. The highest BCUT2D eigenvalue weighted by Gasteiger charge is 2.38. The number of hydrogen-bond acceptors (Lipinski definition) is 6. The maximum absolute atomic E-state index is 10.3. The van der Waals surface area contributed by atoms with E-state index in [0.717, 1.165) is 12.1 Å². The number of thioether (sulfide) groups is 1. The molecule has 0 spiro atoms. The number of rotatable bonds is 3. The molecule has 1 unspecified atom stereocenters. The van der Waals surface area contributed by atoms with Crippen LogP contribution in [0.1, 0.15) is 12.3 Å². The Morgan fingerprint density at radius 1 is 1.37 bits per heavy atom. The predicted molar refractivity (Wildman–Crippen MR) is 72.9 cm³/mol. The second-order valence-corrected chi connectivity index (χ2v) is 5.49. The van der Waals surface area contributed by atoms with Gasteiger partial charge in [-0.05, 0) is 43.5 Å². The zero-order valence-electron chi connectivity index (χ0n) is 10.6. The van der Waals surface area contributed by atoms with E-state index in [2.05, 4.69) is 15.5 Å². The first-order valence-corrected chi connectivity index (χ1v) is 7.35. The highest BCUT2D eigenvalue weighted by atomic mass is 32.2. The molecule has 100 valence electrons. The van der Waals surface area contributed by atoms with E-state index in [9.17, 15) is 5.11 Å². The van der Waals surface area contributed by atoms with Crippen LogP contribution in [0.4, 0.5) is 0 Å². The van der Waals surface area contributed by atoms with Crippen LogP contribution in [0.3, 0.4) is 0 Å². The van der Waals surface area contributed by atoms with E-state index in [-0.39, 0.29) is 0 Å². The average molecular weight is 277 g/mol. The average Bonchev–Trinajstić information content (AvgIpc) is 3.08. The molecule has 1 atom stereocenters. The van der Waals surface area contributed by atoms with Gasteiger partial charge < -0.3 is 14.9 Å². The number of benzene rings is 1. The van der Waals surface area contributed by atoms with Crippen molar-refractivity contribution in [3.05, 3.63) is 30.2 Å². The van der Waals surface area contributed by atoms with Crippen molar-refractivity contribution >= 4 is 11.8 Å². The van der Waals surface area contributed by atoms with Crippen LogP contribution in [-0.4, -0.2) is 34.6 Å². The largest absolute Gasteiger partial charge is 0.379 e. The van der Waals surface area contributed by atoms with Gasteiger partial charge in [0.1, 0.15) is 0 Å². The van der Waals surface area contributed by atoms with E-state index < -0.39 is 5.60 Å². The van der Waals surface area contributed by atoms with Crippen LogP contribution in [0.15, 0.2) is 33.7 Å². The third kappa shape index (κ3) is 2.39. The summed E-state index contributed by atoms with van der Waals surface area (Å²) >= 11 is 1.69. The lowest BCUT2D eigenvalue weighted by Gasteiger charge is -2.14. The molecule has 0 radical (unpaired) electrons. The molecule has 0 aliphatic carbocycles. The lowest BCUT2D eigenvalue weighted by molar-refractivity contribution is 0.0243. The van der Waals surface area contributed by atoms with Crippen molar-refractivity contribution in [3.8, 4) is 11.4 Å². The Bertz CT molecular complexity index is 562. The maximum atomic E-state index is 10.3. The zero-order chi connectivity index (χ0) is 13.3. The Labute approximate surface area is 115 Å². The van der Waals surface area contributed by atoms with Gasteiger partial charge in [-0.3, -0.25) is 0 Å². The van der Waals surface area contributed by atoms with Gasteiger partial charge in [-0.2, -0.15) is 4.98 Å². The summed E-state index contributed by atoms with van der Waals surface area (Å²) in [5.74, 6) is 0.810. The molecule has 1 aliphatic heterocycles. The molecule has 1 fully saturated rings. The highest BCUT2D eigenvalue weighted by Crippen LogP contribution is 2.28. The highest BCUT2D eigenvalue weighted by molar-refractivity contribution is 7.98. The van der Waals surface area contributed by atoms with Crippen LogP contribution in [0.25, 0.3) is 11.4 Å². The Hall–Kier alpha value is -1.37. The molecule has 1 saturated heterocycles. The minimum absolute atomic E-state index is 0.293. The van der Waals surface area contributed by atoms with E-state index in [1.54, 1.807) is 11.8 Å². The van der Waals surface area contributed by atoms with Crippen LogP contribution in [0, 0.1) is 0 Å². The molecule has 6 heteroatoms. The molecule has 1 aromatic carbocycles. The third-order valence-electron chi connectivity index (χ3n) is 3.31. The van der Waals surface area contributed by atoms with Gasteiger partial charge >= 0.3 is 0 Å². The third-order valence-corrected chi connectivity index (χ3v) is 4.05. The van der Waals surface area contributed by atoms with Gasteiger partial charge in [0, 0.05) is 17.0 Å². The summed E-state index contributed by atoms with van der Waals surface area (Å²) < 4.78 is 5.21. The Morgan fingerprint density at radius 3 is 2.79 bits per heavy atom. The fourth-order valence-corrected chi connectivity index (χ4v) is 2.54. The van der Waals surface area contributed by atoms with E-state index in [0.29, 0.717) is 24.7 Å². The molecule has 1 aromatic heterocycles. The predicted octanol–water partition coefficient (Wildman–Crippen LogP) is 1.64. The molecule has 5 nitrogen and oxygen atoms in total. The molecule has 0 amide bonds. The van der Waals surface area contributed by atoms with Crippen LogP contribution in [0.2, 0.25) is 0 Å². The van der Waals surface area contributed by atoms with Gasteiger partial charge in [-0.25, -0.2) is 0 Å². The molecule has 3 rings (SSSR count). The Morgan fingerprint density at radius 2 is 2.16 bits per heavy atom. The minimum Gasteiger partial charge on any atom is -0.379 e. The Balaban J connectivity index is 1.87. The smallest absolute Gasteiger partial charge is 0.260 e. The van der Waals surface area contributed by atoms with Gasteiger partial charge in [0.2, 0.25) is 5.82 Å². The fourth-order valence-electron chi connectivity index (χ4n) is 2.13. The molecule has 2 N–H and O–H groups in total. The summed E-state index contributed by atoms with van der Waals surface area (Å²) in [4.78, 5) is 5.50. The van der Waals surface area contributed by atoms with Crippen molar-refractivity contribution in [1.82, 2.24) is 15.5 Å². The van der Waals surface area contributed by atoms with Crippen LogP contribution >= 0.6 is 11.8 Å². The summed E-state index contributed by atoms with van der Waals surface area (Å²) in [6.07, 6.45) is 2.63.